The first-order valence-electron chi connectivity index (χ1n) is 8.58. The van der Waals surface area contributed by atoms with E-state index >= 15 is 0 Å². The maximum atomic E-state index is 12.4. The van der Waals surface area contributed by atoms with E-state index in [0.29, 0.717) is 17.7 Å². The van der Waals surface area contributed by atoms with Gasteiger partial charge in [0.1, 0.15) is 0 Å². The van der Waals surface area contributed by atoms with Gasteiger partial charge in [0.25, 0.3) is 0 Å². The lowest BCUT2D eigenvalue weighted by molar-refractivity contribution is -0.134. The van der Waals surface area contributed by atoms with Crippen LogP contribution in [0.3, 0.4) is 0 Å². The number of piperidine rings is 1. The lowest BCUT2D eigenvalue weighted by Gasteiger charge is -2.35. The molecule has 116 valence electrons. The van der Waals surface area contributed by atoms with Crippen LogP contribution in [-0.4, -0.2) is 30.4 Å². The topological polar surface area (TPSA) is 46.3 Å². The Morgan fingerprint density at radius 1 is 1.05 bits per heavy atom. The highest BCUT2D eigenvalue weighted by Crippen LogP contribution is 2.31. The first kappa shape index (κ1) is 15.8. The highest BCUT2D eigenvalue weighted by molar-refractivity contribution is 5.76. The molecule has 0 aromatic carbocycles. The second-order valence-electron chi connectivity index (χ2n) is 7.29. The Morgan fingerprint density at radius 2 is 1.60 bits per heavy atom. The molecule has 3 heteroatoms. The molecular weight excluding hydrogens is 248 g/mol. The molecule has 3 nitrogen and oxygen atoms in total. The number of amides is 1. The van der Waals surface area contributed by atoms with Gasteiger partial charge >= 0.3 is 0 Å². The van der Waals surface area contributed by atoms with E-state index in [0.717, 1.165) is 37.9 Å². The summed E-state index contributed by atoms with van der Waals surface area (Å²) < 4.78 is 0. The van der Waals surface area contributed by atoms with Crippen LogP contribution in [0.15, 0.2) is 0 Å². The first-order valence-corrected chi connectivity index (χ1v) is 8.58. The second kappa shape index (κ2) is 7.44. The van der Waals surface area contributed by atoms with Gasteiger partial charge in [-0.15, -0.1) is 0 Å². The predicted molar refractivity (Wildman–Crippen MR) is 83.3 cm³/mol. The standard InChI is InChI=1S/C17H32N2O/c1-13(2)16-7-9-19(10-8-16)17(20)11-14-3-5-15(12-18)6-4-14/h13-16H,3-12,18H2,1-2H3. The van der Waals surface area contributed by atoms with Crippen molar-refractivity contribution >= 4 is 5.91 Å². The van der Waals surface area contributed by atoms with E-state index in [9.17, 15) is 4.79 Å². The summed E-state index contributed by atoms with van der Waals surface area (Å²) in [6.45, 7) is 7.40. The van der Waals surface area contributed by atoms with Gasteiger partial charge in [0.2, 0.25) is 5.91 Å². The van der Waals surface area contributed by atoms with E-state index in [1.807, 2.05) is 0 Å². The van der Waals surface area contributed by atoms with Gasteiger partial charge < -0.3 is 10.6 Å². The van der Waals surface area contributed by atoms with Crippen LogP contribution in [0.2, 0.25) is 0 Å². The minimum atomic E-state index is 0.406. The molecule has 0 bridgehead atoms. The van der Waals surface area contributed by atoms with Gasteiger partial charge in [-0.2, -0.15) is 0 Å². The molecule has 0 aromatic heterocycles. The highest BCUT2D eigenvalue weighted by Gasteiger charge is 2.27. The number of likely N-dealkylation sites (tertiary alicyclic amines) is 1. The van der Waals surface area contributed by atoms with Gasteiger partial charge in [0, 0.05) is 19.5 Å². The van der Waals surface area contributed by atoms with Crippen molar-refractivity contribution in [2.45, 2.75) is 58.8 Å². The van der Waals surface area contributed by atoms with Gasteiger partial charge in [0.05, 0.1) is 0 Å². The Labute approximate surface area is 124 Å². The second-order valence-corrected chi connectivity index (χ2v) is 7.29. The minimum Gasteiger partial charge on any atom is -0.343 e. The fraction of sp³-hybridized carbons (Fsp3) is 0.941. The van der Waals surface area contributed by atoms with E-state index in [-0.39, 0.29) is 0 Å². The first-order chi connectivity index (χ1) is 9.60. The molecule has 0 radical (unpaired) electrons. The number of hydrogen-bond donors (Lipinski definition) is 1. The monoisotopic (exact) mass is 280 g/mol. The normalized spacial score (nSPS) is 28.9. The maximum absolute atomic E-state index is 12.4. The van der Waals surface area contributed by atoms with Crippen LogP contribution in [-0.2, 0) is 4.79 Å². The largest absolute Gasteiger partial charge is 0.343 e. The molecule has 2 aliphatic rings. The Kier molecular flexibility index (Phi) is 5.88. The minimum absolute atomic E-state index is 0.406. The predicted octanol–water partition coefficient (Wildman–Crippen LogP) is 3.04. The molecule has 1 saturated carbocycles. The van der Waals surface area contributed by atoms with Crippen LogP contribution in [0.4, 0.5) is 0 Å². The molecule has 2 N–H and O–H groups in total. The summed E-state index contributed by atoms with van der Waals surface area (Å²) >= 11 is 0. The molecule has 1 aliphatic heterocycles. The molecule has 0 atom stereocenters. The van der Waals surface area contributed by atoms with E-state index in [1.165, 1.54) is 38.5 Å². The number of nitrogens with zero attached hydrogens (tertiary/aromatic N) is 1. The van der Waals surface area contributed by atoms with Crippen molar-refractivity contribution in [1.29, 1.82) is 0 Å². The summed E-state index contributed by atoms with van der Waals surface area (Å²) in [7, 11) is 0. The molecule has 1 aliphatic carbocycles. The molecule has 20 heavy (non-hydrogen) atoms. The third-order valence-electron chi connectivity index (χ3n) is 5.60. The highest BCUT2D eigenvalue weighted by atomic mass is 16.2. The van der Waals surface area contributed by atoms with Crippen molar-refractivity contribution in [3.05, 3.63) is 0 Å². The number of rotatable bonds is 4. The van der Waals surface area contributed by atoms with Crippen LogP contribution >= 0.6 is 0 Å². The van der Waals surface area contributed by atoms with Gasteiger partial charge in [-0.05, 0) is 68.7 Å². The van der Waals surface area contributed by atoms with Crippen molar-refractivity contribution in [1.82, 2.24) is 4.90 Å². The van der Waals surface area contributed by atoms with Gasteiger partial charge in [-0.3, -0.25) is 4.79 Å². The van der Waals surface area contributed by atoms with Crippen molar-refractivity contribution in [2.24, 2.45) is 29.4 Å². The maximum Gasteiger partial charge on any atom is 0.222 e. The van der Waals surface area contributed by atoms with Crippen molar-refractivity contribution in [2.75, 3.05) is 19.6 Å². The zero-order valence-corrected chi connectivity index (χ0v) is 13.3. The molecule has 1 saturated heterocycles. The van der Waals surface area contributed by atoms with Gasteiger partial charge in [-0.25, -0.2) is 0 Å². The van der Waals surface area contributed by atoms with Gasteiger partial charge in [-0.1, -0.05) is 13.8 Å². The number of hydrogen-bond acceptors (Lipinski definition) is 2. The molecule has 0 unspecified atom stereocenters. The quantitative estimate of drug-likeness (QED) is 0.860. The van der Waals surface area contributed by atoms with E-state index in [4.69, 9.17) is 5.73 Å². The summed E-state index contributed by atoms with van der Waals surface area (Å²) in [5, 5.41) is 0. The Bertz CT molecular complexity index is 300. The zero-order valence-electron chi connectivity index (χ0n) is 13.3. The number of carbonyl (C=O) groups excluding carboxylic acids is 1. The summed E-state index contributed by atoms with van der Waals surface area (Å²) in [5.41, 5.74) is 5.73. The third-order valence-corrected chi connectivity index (χ3v) is 5.60. The molecule has 1 heterocycles. The lowest BCUT2D eigenvalue weighted by atomic mass is 9.80. The summed E-state index contributed by atoms with van der Waals surface area (Å²) in [6.07, 6.45) is 8.04. The lowest BCUT2D eigenvalue weighted by Crippen LogP contribution is -2.40. The third kappa shape index (κ3) is 4.21. The average Bonchev–Trinajstić information content (AvgIpc) is 2.48. The summed E-state index contributed by atoms with van der Waals surface area (Å²) in [6, 6.07) is 0. The molecular formula is C17H32N2O. The molecule has 2 fully saturated rings. The van der Waals surface area contributed by atoms with E-state index < -0.39 is 0 Å². The van der Waals surface area contributed by atoms with E-state index in [1.54, 1.807) is 0 Å². The molecule has 1 amide bonds. The van der Waals surface area contributed by atoms with Crippen molar-refractivity contribution in [3.8, 4) is 0 Å². The van der Waals surface area contributed by atoms with Crippen LogP contribution in [0, 0.1) is 23.7 Å². The molecule has 0 aromatic rings. The Balaban J connectivity index is 1.71. The van der Waals surface area contributed by atoms with Crippen LogP contribution in [0.1, 0.15) is 58.8 Å². The van der Waals surface area contributed by atoms with E-state index in [2.05, 4.69) is 18.7 Å². The number of carbonyl (C=O) groups is 1. The number of nitrogens with two attached hydrogens (primary N) is 1. The molecule has 0 spiro atoms. The summed E-state index contributed by atoms with van der Waals surface area (Å²) in [4.78, 5) is 14.5. The van der Waals surface area contributed by atoms with Crippen LogP contribution in [0.5, 0.6) is 0 Å². The average molecular weight is 280 g/mol. The van der Waals surface area contributed by atoms with Crippen molar-refractivity contribution in [3.63, 3.8) is 0 Å². The van der Waals surface area contributed by atoms with Crippen LogP contribution < -0.4 is 5.73 Å². The fourth-order valence-corrected chi connectivity index (χ4v) is 3.86. The Hall–Kier alpha value is -0.570. The van der Waals surface area contributed by atoms with Crippen LogP contribution in [0.25, 0.3) is 0 Å². The van der Waals surface area contributed by atoms with Gasteiger partial charge in [0.15, 0.2) is 0 Å². The van der Waals surface area contributed by atoms with Crippen molar-refractivity contribution < 1.29 is 4.79 Å². The molecule has 2 rings (SSSR count). The zero-order chi connectivity index (χ0) is 14.5. The Morgan fingerprint density at radius 3 is 2.10 bits per heavy atom. The SMILES string of the molecule is CC(C)C1CCN(C(=O)CC2CCC(CN)CC2)CC1. The fourth-order valence-electron chi connectivity index (χ4n) is 3.86. The smallest absolute Gasteiger partial charge is 0.222 e. The summed E-state index contributed by atoms with van der Waals surface area (Å²) in [5.74, 6) is 3.32.